The molecule has 0 amide bonds. The summed E-state index contributed by atoms with van der Waals surface area (Å²) in [5, 5.41) is 14.7. The minimum absolute atomic E-state index is 0.111. The molecule has 0 aliphatic rings. The smallest absolute Gasteiger partial charge is 0.357 e. The lowest BCUT2D eigenvalue weighted by Gasteiger charge is -2.28. The monoisotopic (exact) mass is 398 g/mol. The van der Waals surface area contributed by atoms with Crippen LogP contribution in [0, 0.1) is 10.1 Å². The van der Waals surface area contributed by atoms with Gasteiger partial charge in [0.2, 0.25) is 0 Å². The largest absolute Gasteiger partial charge is 0.368 e. The van der Waals surface area contributed by atoms with Crippen LogP contribution in [0.3, 0.4) is 0 Å². The zero-order chi connectivity index (χ0) is 19.2. The highest BCUT2D eigenvalue weighted by atomic mass is 35.5. The van der Waals surface area contributed by atoms with Gasteiger partial charge in [-0.2, -0.15) is 0 Å². The van der Waals surface area contributed by atoms with E-state index in [1.807, 2.05) is 0 Å². The zero-order valence-electron chi connectivity index (χ0n) is 14.4. The quantitative estimate of drug-likeness (QED) is 0.334. The molecule has 26 heavy (non-hydrogen) atoms. The number of non-ortho nitro benzene ring substituents is 1. The molecule has 2 aromatic carbocycles. The van der Waals surface area contributed by atoms with Gasteiger partial charge in [-0.15, -0.1) is 0 Å². The topological polar surface area (TPSA) is 90.7 Å². The van der Waals surface area contributed by atoms with Gasteiger partial charge in [0.05, 0.1) is 18.1 Å². The summed E-state index contributed by atoms with van der Waals surface area (Å²) in [6.07, 6.45) is 0. The van der Waals surface area contributed by atoms with E-state index in [1.165, 1.54) is 18.2 Å². The fraction of sp³-hybridized carbons (Fsp3) is 0.294. The Kier molecular flexibility index (Phi) is 7.17. The Morgan fingerprint density at radius 3 is 2.38 bits per heavy atom. The molecule has 9 heteroatoms. The number of nitro groups is 1. The van der Waals surface area contributed by atoms with Crippen LogP contribution in [0.4, 0.5) is 11.4 Å². The molecule has 0 saturated carbocycles. The van der Waals surface area contributed by atoms with Gasteiger partial charge in [0, 0.05) is 22.8 Å². The summed E-state index contributed by atoms with van der Waals surface area (Å²) < 4.78 is 24.3. The van der Waals surface area contributed by atoms with Crippen molar-refractivity contribution in [2.75, 3.05) is 18.5 Å². The lowest BCUT2D eigenvalue weighted by molar-refractivity contribution is -0.384. The maximum atomic E-state index is 13.4. The first-order valence-corrected chi connectivity index (χ1v) is 10.0. The van der Waals surface area contributed by atoms with Crippen molar-refractivity contribution < 1.29 is 18.5 Å². The second kappa shape index (κ2) is 9.14. The van der Waals surface area contributed by atoms with Crippen LogP contribution in [0.1, 0.15) is 25.2 Å². The number of anilines is 1. The number of hydrogen-bond acceptors (Lipinski definition) is 6. The van der Waals surface area contributed by atoms with Gasteiger partial charge < -0.3 is 14.4 Å². The van der Waals surface area contributed by atoms with Crippen molar-refractivity contribution in [3.8, 4) is 0 Å². The average molecular weight is 399 g/mol. The summed E-state index contributed by atoms with van der Waals surface area (Å²) in [6, 6.07) is 12.7. The molecule has 0 spiro atoms. The molecule has 2 aromatic rings. The molecule has 0 radical (unpaired) electrons. The summed E-state index contributed by atoms with van der Waals surface area (Å²) in [5.41, 5.74) is 0.901. The fourth-order valence-electron chi connectivity index (χ4n) is 2.44. The van der Waals surface area contributed by atoms with Crippen LogP contribution in [-0.2, 0) is 13.6 Å². The normalized spacial score (nSPS) is 12.6. The molecule has 0 heterocycles. The number of hydrogen-bond donors (Lipinski definition) is 1. The van der Waals surface area contributed by atoms with Crippen molar-refractivity contribution in [2.45, 2.75) is 19.6 Å². The number of rotatable bonds is 9. The molecule has 1 unspecified atom stereocenters. The molecule has 2 rings (SSSR count). The maximum absolute atomic E-state index is 13.4. The van der Waals surface area contributed by atoms with E-state index in [-0.39, 0.29) is 18.9 Å². The third kappa shape index (κ3) is 5.05. The van der Waals surface area contributed by atoms with Crippen molar-refractivity contribution in [3.05, 3.63) is 69.2 Å². The molecule has 0 aliphatic carbocycles. The van der Waals surface area contributed by atoms with Crippen LogP contribution < -0.4 is 5.32 Å². The number of nitrogens with one attached hydrogen (secondary N) is 1. The minimum atomic E-state index is -3.66. The predicted octanol–water partition coefficient (Wildman–Crippen LogP) is 5.63. The summed E-state index contributed by atoms with van der Waals surface area (Å²) in [6.45, 7) is 3.74. The first-order valence-electron chi connectivity index (χ1n) is 8.05. The van der Waals surface area contributed by atoms with Gasteiger partial charge in [0.1, 0.15) is 0 Å². The van der Waals surface area contributed by atoms with Gasteiger partial charge in [0.25, 0.3) is 5.69 Å². The highest BCUT2D eigenvalue weighted by molar-refractivity contribution is 7.54. The van der Waals surface area contributed by atoms with Crippen LogP contribution in [0.25, 0.3) is 0 Å². The third-order valence-corrected chi connectivity index (χ3v) is 5.99. The van der Waals surface area contributed by atoms with E-state index in [0.29, 0.717) is 16.3 Å². The zero-order valence-corrected chi connectivity index (χ0v) is 16.1. The van der Waals surface area contributed by atoms with E-state index in [1.54, 1.807) is 44.2 Å². The van der Waals surface area contributed by atoms with E-state index in [0.717, 1.165) is 0 Å². The summed E-state index contributed by atoms with van der Waals surface area (Å²) >= 11 is 6.02. The molecular weight excluding hydrogens is 379 g/mol. The SMILES string of the molecule is CCOP(=O)(OCC)C(Nc1cccc(Cl)c1)c1cccc([N+](=O)[O-])c1. The molecule has 1 N–H and O–H groups in total. The lowest BCUT2D eigenvalue weighted by Crippen LogP contribution is -2.15. The van der Waals surface area contributed by atoms with Crippen LogP contribution in [-0.4, -0.2) is 18.1 Å². The molecule has 0 aliphatic heterocycles. The summed E-state index contributed by atoms with van der Waals surface area (Å²) in [7, 11) is -3.66. The Morgan fingerprint density at radius 2 is 1.81 bits per heavy atom. The van der Waals surface area contributed by atoms with Crippen molar-refractivity contribution >= 4 is 30.6 Å². The van der Waals surface area contributed by atoms with Crippen LogP contribution >= 0.6 is 19.2 Å². The molecule has 0 bridgehead atoms. The fourth-order valence-corrected chi connectivity index (χ4v) is 4.55. The number of nitro benzene ring substituents is 1. The molecule has 0 saturated heterocycles. The Labute approximate surface area is 157 Å². The van der Waals surface area contributed by atoms with Crippen molar-refractivity contribution in [1.82, 2.24) is 0 Å². The number of nitrogens with zero attached hydrogens (tertiary/aromatic N) is 1. The Hall–Kier alpha value is -1.92. The molecule has 140 valence electrons. The van der Waals surface area contributed by atoms with E-state index in [9.17, 15) is 14.7 Å². The Morgan fingerprint density at radius 1 is 1.15 bits per heavy atom. The highest BCUT2D eigenvalue weighted by Gasteiger charge is 2.37. The van der Waals surface area contributed by atoms with E-state index >= 15 is 0 Å². The second-order valence-corrected chi connectivity index (χ2v) is 7.83. The molecule has 0 aromatic heterocycles. The van der Waals surface area contributed by atoms with Gasteiger partial charge in [-0.25, -0.2) is 0 Å². The third-order valence-electron chi connectivity index (χ3n) is 3.46. The highest BCUT2D eigenvalue weighted by Crippen LogP contribution is 2.61. The van der Waals surface area contributed by atoms with Gasteiger partial charge in [0.15, 0.2) is 5.78 Å². The van der Waals surface area contributed by atoms with Gasteiger partial charge in [-0.05, 0) is 37.6 Å². The lowest BCUT2D eigenvalue weighted by atomic mass is 10.2. The Bertz CT molecular complexity index is 807. The van der Waals surface area contributed by atoms with Crippen LogP contribution in [0.5, 0.6) is 0 Å². The first-order chi connectivity index (χ1) is 12.4. The van der Waals surface area contributed by atoms with Gasteiger partial charge >= 0.3 is 7.60 Å². The molecule has 1 atom stereocenters. The van der Waals surface area contributed by atoms with Crippen molar-refractivity contribution in [2.24, 2.45) is 0 Å². The summed E-state index contributed by atoms with van der Waals surface area (Å²) in [5.74, 6) is -0.930. The first kappa shape index (κ1) is 20.4. The van der Waals surface area contributed by atoms with E-state index in [2.05, 4.69) is 5.32 Å². The van der Waals surface area contributed by atoms with E-state index < -0.39 is 18.3 Å². The van der Waals surface area contributed by atoms with E-state index in [4.69, 9.17) is 20.6 Å². The average Bonchev–Trinajstić information content (AvgIpc) is 2.60. The Balaban J connectivity index is 2.51. The second-order valence-electron chi connectivity index (χ2n) is 5.28. The molecule has 0 fully saturated rings. The molecule has 7 nitrogen and oxygen atoms in total. The molecular formula is C17H20ClN2O5P. The van der Waals surface area contributed by atoms with Crippen LogP contribution in [0.15, 0.2) is 48.5 Å². The summed E-state index contributed by atoms with van der Waals surface area (Å²) in [4.78, 5) is 10.6. The van der Waals surface area contributed by atoms with Crippen molar-refractivity contribution in [3.63, 3.8) is 0 Å². The van der Waals surface area contributed by atoms with Gasteiger partial charge in [-0.3, -0.25) is 14.7 Å². The number of benzene rings is 2. The number of halogens is 1. The van der Waals surface area contributed by atoms with Crippen molar-refractivity contribution in [1.29, 1.82) is 0 Å². The standard InChI is InChI=1S/C17H20ClN2O5P/c1-3-24-26(23,25-4-2)17(19-15-9-6-8-14(18)12-15)13-7-5-10-16(11-13)20(21)22/h5-12,17,19H,3-4H2,1-2H3. The maximum Gasteiger partial charge on any atom is 0.357 e. The van der Waals surface area contributed by atoms with Crippen LogP contribution in [0.2, 0.25) is 5.02 Å². The van der Waals surface area contributed by atoms with Gasteiger partial charge in [-0.1, -0.05) is 29.8 Å². The predicted molar refractivity (Wildman–Crippen MR) is 102 cm³/mol. The minimum Gasteiger partial charge on any atom is -0.368 e.